The number of ether oxygens (including phenoxy) is 2. The third-order valence-corrected chi connectivity index (χ3v) is 5.43. The summed E-state index contributed by atoms with van der Waals surface area (Å²) in [4.78, 5) is 11.3. The van der Waals surface area contributed by atoms with Gasteiger partial charge in [0.2, 0.25) is 0 Å². The Balaban J connectivity index is 1.81. The van der Waals surface area contributed by atoms with Crippen LogP contribution in [0.5, 0.6) is 5.75 Å². The highest BCUT2D eigenvalue weighted by atomic mass is 19.4. The van der Waals surface area contributed by atoms with Crippen molar-refractivity contribution in [1.82, 2.24) is 0 Å². The number of halogens is 3. The summed E-state index contributed by atoms with van der Waals surface area (Å²) in [5, 5.41) is 9.30. The molecule has 1 N–H and O–H groups in total. The lowest BCUT2D eigenvalue weighted by Crippen LogP contribution is -2.21. The van der Waals surface area contributed by atoms with E-state index in [0.29, 0.717) is 48.3 Å². The molecule has 0 bridgehead atoms. The molecule has 0 saturated carbocycles. The predicted octanol–water partition coefficient (Wildman–Crippen LogP) is 5.96. The summed E-state index contributed by atoms with van der Waals surface area (Å²) in [6.07, 6.45) is -3.80. The van der Waals surface area contributed by atoms with E-state index in [1.54, 1.807) is 44.2 Å². The number of rotatable bonds is 7. The number of alkyl halides is 3. The number of aliphatic carboxylic acids is 1. The van der Waals surface area contributed by atoms with Crippen molar-refractivity contribution in [1.29, 1.82) is 0 Å². The monoisotopic (exact) mass is 422 g/mol. The summed E-state index contributed by atoms with van der Waals surface area (Å²) < 4.78 is 51.7. The Morgan fingerprint density at radius 1 is 1.20 bits per heavy atom. The van der Waals surface area contributed by atoms with Crippen LogP contribution in [0.3, 0.4) is 0 Å². The Morgan fingerprint density at radius 2 is 1.90 bits per heavy atom. The molecule has 3 atom stereocenters. The van der Waals surface area contributed by atoms with E-state index in [2.05, 4.69) is 0 Å². The first-order chi connectivity index (χ1) is 14.2. The third-order valence-electron chi connectivity index (χ3n) is 5.43. The maximum atomic E-state index is 13.3. The first kappa shape index (κ1) is 22.2. The Kier molecular flexibility index (Phi) is 6.71. The smallest absolute Gasteiger partial charge is 0.416 e. The molecule has 2 aromatic carbocycles. The maximum absolute atomic E-state index is 13.3. The Hall–Kier alpha value is -2.54. The summed E-state index contributed by atoms with van der Waals surface area (Å²) in [5.41, 5.74) is 1.00. The summed E-state index contributed by atoms with van der Waals surface area (Å²) in [5.74, 6) is -1.15. The first-order valence-electron chi connectivity index (χ1n) is 10.0. The Morgan fingerprint density at radius 3 is 2.50 bits per heavy atom. The molecule has 0 aliphatic heterocycles. The van der Waals surface area contributed by atoms with Gasteiger partial charge in [-0.15, -0.1) is 0 Å². The van der Waals surface area contributed by atoms with Crippen LogP contribution in [0, 0.1) is 5.92 Å². The number of fused-ring (bicyclic) bond motifs is 1. The molecule has 0 saturated heterocycles. The molecule has 0 fully saturated rings. The second-order valence-corrected chi connectivity index (χ2v) is 7.44. The number of carbonyl (C=O) groups is 1. The van der Waals surface area contributed by atoms with Crippen molar-refractivity contribution in [2.24, 2.45) is 5.92 Å². The predicted molar refractivity (Wildman–Crippen MR) is 105 cm³/mol. The molecule has 1 aliphatic carbocycles. The molecule has 0 spiro atoms. The van der Waals surface area contributed by atoms with Crippen LogP contribution in [0.2, 0.25) is 0 Å². The van der Waals surface area contributed by atoms with Gasteiger partial charge in [0.25, 0.3) is 0 Å². The van der Waals surface area contributed by atoms with Crippen LogP contribution < -0.4 is 4.74 Å². The molecule has 0 radical (unpaired) electrons. The summed E-state index contributed by atoms with van der Waals surface area (Å²) in [7, 11) is 0. The number of carboxylic acid groups (broad SMARTS) is 1. The second kappa shape index (κ2) is 9.08. The van der Waals surface area contributed by atoms with Crippen molar-refractivity contribution in [2.45, 2.75) is 51.5 Å². The Labute approximate surface area is 173 Å². The lowest BCUT2D eigenvalue weighted by Gasteiger charge is -2.28. The van der Waals surface area contributed by atoms with Crippen molar-refractivity contribution in [2.75, 3.05) is 6.61 Å². The van der Waals surface area contributed by atoms with E-state index in [0.717, 1.165) is 6.07 Å². The minimum atomic E-state index is -4.38. The van der Waals surface area contributed by atoms with Gasteiger partial charge in [-0.25, -0.2) is 0 Å². The fourth-order valence-electron chi connectivity index (χ4n) is 3.93. The first-order valence-corrected chi connectivity index (χ1v) is 10.0. The highest BCUT2D eigenvalue weighted by Gasteiger charge is 2.36. The molecular weight excluding hydrogens is 397 g/mol. The average molecular weight is 422 g/mol. The number of benzene rings is 2. The largest absolute Gasteiger partial charge is 0.486 e. The van der Waals surface area contributed by atoms with E-state index in [-0.39, 0.29) is 0 Å². The van der Waals surface area contributed by atoms with Crippen LogP contribution in [0.25, 0.3) is 0 Å². The minimum Gasteiger partial charge on any atom is -0.486 e. The van der Waals surface area contributed by atoms with Gasteiger partial charge in [0.1, 0.15) is 11.9 Å². The fourth-order valence-corrected chi connectivity index (χ4v) is 3.93. The molecule has 30 heavy (non-hydrogen) atoms. The van der Waals surface area contributed by atoms with Gasteiger partial charge < -0.3 is 14.6 Å². The number of hydrogen-bond donors (Lipinski definition) is 1. The SMILES string of the molecule is CCO[C@H](c1ccc(OC2CCCc3c2cccc3C(F)(F)F)cc1)C(C)C(=O)O. The molecule has 2 unspecified atom stereocenters. The summed E-state index contributed by atoms with van der Waals surface area (Å²) in [6.45, 7) is 3.76. The number of hydrogen-bond acceptors (Lipinski definition) is 3. The van der Waals surface area contributed by atoms with E-state index in [4.69, 9.17) is 9.47 Å². The van der Waals surface area contributed by atoms with Gasteiger partial charge in [-0.05, 0) is 68.0 Å². The van der Waals surface area contributed by atoms with Gasteiger partial charge in [0.05, 0.1) is 17.6 Å². The van der Waals surface area contributed by atoms with Crippen molar-refractivity contribution in [3.05, 3.63) is 64.7 Å². The normalized spacial score (nSPS) is 18.4. The van der Waals surface area contributed by atoms with Gasteiger partial charge in [0.15, 0.2) is 0 Å². The van der Waals surface area contributed by atoms with Crippen molar-refractivity contribution >= 4 is 5.97 Å². The maximum Gasteiger partial charge on any atom is 0.416 e. The van der Waals surface area contributed by atoms with Crippen molar-refractivity contribution in [3.8, 4) is 5.75 Å². The fraction of sp³-hybridized carbons (Fsp3) is 0.435. The van der Waals surface area contributed by atoms with E-state index in [1.807, 2.05) is 0 Å². The van der Waals surface area contributed by atoms with Gasteiger partial charge in [-0.1, -0.05) is 24.3 Å². The van der Waals surface area contributed by atoms with Gasteiger partial charge in [-0.2, -0.15) is 13.2 Å². The van der Waals surface area contributed by atoms with Crippen LogP contribution in [-0.2, 0) is 22.1 Å². The average Bonchev–Trinajstić information content (AvgIpc) is 2.71. The van der Waals surface area contributed by atoms with Gasteiger partial charge >= 0.3 is 12.1 Å². The topological polar surface area (TPSA) is 55.8 Å². The van der Waals surface area contributed by atoms with Gasteiger partial charge in [0, 0.05) is 6.61 Å². The molecule has 0 amide bonds. The molecule has 2 aromatic rings. The minimum absolute atomic E-state index is 0.310. The lowest BCUT2D eigenvalue weighted by molar-refractivity contribution is -0.146. The van der Waals surface area contributed by atoms with E-state index < -0.39 is 35.8 Å². The number of carboxylic acids is 1. The molecule has 162 valence electrons. The summed E-state index contributed by atoms with van der Waals surface area (Å²) >= 11 is 0. The van der Waals surface area contributed by atoms with Crippen LogP contribution in [0.15, 0.2) is 42.5 Å². The zero-order valence-corrected chi connectivity index (χ0v) is 16.9. The standard InChI is InChI=1S/C23H25F3O4/c1-3-29-21(14(2)22(27)28)15-10-12-16(13-11-15)30-20-9-5-6-17-18(20)7-4-8-19(17)23(24,25)26/h4,7-8,10-14,20-21H,3,5-6,9H2,1-2H3,(H,27,28)/t14?,20?,21-/m0/s1. The molecule has 4 nitrogen and oxygen atoms in total. The zero-order chi connectivity index (χ0) is 21.9. The summed E-state index contributed by atoms with van der Waals surface area (Å²) in [6, 6.07) is 11.1. The third kappa shape index (κ3) is 4.78. The molecule has 1 aliphatic rings. The molecule has 3 rings (SSSR count). The highest BCUT2D eigenvalue weighted by Crippen LogP contribution is 2.41. The Bertz CT molecular complexity index is 877. The van der Waals surface area contributed by atoms with Crippen LogP contribution in [0.1, 0.15) is 61.2 Å². The van der Waals surface area contributed by atoms with Gasteiger partial charge in [-0.3, -0.25) is 4.79 Å². The molecular formula is C23H25F3O4. The lowest BCUT2D eigenvalue weighted by atomic mass is 9.86. The molecule has 0 aromatic heterocycles. The van der Waals surface area contributed by atoms with Crippen molar-refractivity contribution in [3.63, 3.8) is 0 Å². The van der Waals surface area contributed by atoms with E-state index >= 15 is 0 Å². The quantitative estimate of drug-likeness (QED) is 0.598. The zero-order valence-electron chi connectivity index (χ0n) is 16.9. The van der Waals surface area contributed by atoms with Crippen molar-refractivity contribution < 1.29 is 32.5 Å². The second-order valence-electron chi connectivity index (χ2n) is 7.44. The van der Waals surface area contributed by atoms with Crippen LogP contribution in [-0.4, -0.2) is 17.7 Å². The van der Waals surface area contributed by atoms with Crippen LogP contribution >= 0.6 is 0 Å². The van der Waals surface area contributed by atoms with Crippen LogP contribution in [0.4, 0.5) is 13.2 Å². The molecule has 7 heteroatoms. The van der Waals surface area contributed by atoms with E-state index in [1.165, 1.54) is 6.07 Å². The van der Waals surface area contributed by atoms with E-state index in [9.17, 15) is 23.1 Å². The highest BCUT2D eigenvalue weighted by molar-refractivity contribution is 5.70. The molecule has 0 heterocycles.